The van der Waals surface area contributed by atoms with Crippen molar-refractivity contribution in [1.29, 1.82) is 0 Å². The monoisotopic (exact) mass is 224 g/mol. The molecule has 0 amide bonds. The fraction of sp³-hybridized carbons (Fsp3) is 0.875. The minimum atomic E-state index is -1.11. The zero-order valence-corrected chi connectivity index (χ0v) is 8.83. The summed E-state index contributed by atoms with van der Waals surface area (Å²) in [5, 5.41) is 35.7. The van der Waals surface area contributed by atoms with Gasteiger partial charge in [-0.15, -0.1) is 0 Å². The Kier molecular flexibility index (Phi) is 6.14. The van der Waals surface area contributed by atoms with Crippen LogP contribution in [0.5, 0.6) is 0 Å². The van der Waals surface area contributed by atoms with E-state index in [2.05, 4.69) is 12.2 Å². The van der Waals surface area contributed by atoms with Crippen molar-refractivity contribution >= 4 is 17.3 Å². The highest BCUT2D eigenvalue weighted by Crippen LogP contribution is 2.15. The molecule has 0 spiro atoms. The van der Waals surface area contributed by atoms with Crippen molar-refractivity contribution in [3.63, 3.8) is 0 Å². The second-order valence-electron chi connectivity index (χ2n) is 3.26. The summed E-state index contributed by atoms with van der Waals surface area (Å²) < 4.78 is 4.94. The number of thiocarbonyl (C=S) groups is 1. The molecule has 1 atom stereocenters. The van der Waals surface area contributed by atoms with E-state index in [9.17, 15) is 0 Å². The Morgan fingerprint density at radius 1 is 1.29 bits per heavy atom. The van der Waals surface area contributed by atoms with E-state index >= 15 is 0 Å². The van der Waals surface area contributed by atoms with E-state index in [1.807, 2.05) is 0 Å². The summed E-state index contributed by atoms with van der Waals surface area (Å²) in [4.78, 5) is 0. The lowest BCUT2D eigenvalue weighted by Crippen LogP contribution is -2.40. The van der Waals surface area contributed by atoms with Crippen LogP contribution >= 0.6 is 12.2 Å². The van der Waals surface area contributed by atoms with Gasteiger partial charge in [0.1, 0.15) is 12.7 Å². The van der Waals surface area contributed by atoms with Crippen LogP contribution in [0.25, 0.3) is 0 Å². The average Bonchev–Trinajstić information content (AvgIpc) is 2.20. The number of aliphatic hydroxyl groups excluding tert-OH is 4. The Morgan fingerprint density at radius 3 is 2.00 bits per heavy atom. The summed E-state index contributed by atoms with van der Waals surface area (Å²) in [6.45, 7) is 0.0777. The van der Waals surface area contributed by atoms with Gasteiger partial charge >= 0.3 is 0 Å². The maximum absolute atomic E-state index is 8.98. The Balaban J connectivity index is 4.12. The second-order valence-corrected chi connectivity index (χ2v) is 3.66. The summed E-state index contributed by atoms with van der Waals surface area (Å²) in [6.07, 6.45) is -0.890. The molecule has 5 nitrogen and oxygen atoms in total. The summed E-state index contributed by atoms with van der Waals surface area (Å²) in [7, 11) is 0. The molecular weight excluding hydrogens is 208 g/mol. The van der Waals surface area contributed by atoms with Gasteiger partial charge in [-0.3, -0.25) is 0 Å². The minimum absolute atomic E-state index is 0.0234. The first kappa shape index (κ1) is 13.7. The molecule has 0 aliphatic carbocycles. The summed E-state index contributed by atoms with van der Waals surface area (Å²) in [5.74, 6) is 0. The van der Waals surface area contributed by atoms with Gasteiger partial charge in [-0.05, 0) is 19.1 Å². The normalized spacial score (nSPS) is 13.8. The van der Waals surface area contributed by atoms with Gasteiger partial charge in [-0.1, -0.05) is 0 Å². The Bertz CT molecular complexity index is 170. The van der Waals surface area contributed by atoms with E-state index in [0.29, 0.717) is 0 Å². The molecule has 0 heterocycles. The molecular formula is C8H16O5S. The highest BCUT2D eigenvalue weighted by Gasteiger charge is 2.29. The van der Waals surface area contributed by atoms with Gasteiger partial charge in [0.2, 0.25) is 0 Å². The van der Waals surface area contributed by atoms with Gasteiger partial charge in [0.05, 0.1) is 25.2 Å². The molecule has 0 aliphatic rings. The Hall–Kier alpha value is -0.270. The van der Waals surface area contributed by atoms with Crippen LogP contribution in [-0.2, 0) is 4.74 Å². The number of hydrogen-bond donors (Lipinski definition) is 4. The van der Waals surface area contributed by atoms with Gasteiger partial charge in [0.15, 0.2) is 5.05 Å². The lowest BCUT2D eigenvalue weighted by molar-refractivity contribution is -0.0307. The van der Waals surface area contributed by atoms with Crippen LogP contribution in [-0.4, -0.2) is 58.0 Å². The molecule has 0 fully saturated rings. The van der Waals surface area contributed by atoms with Crippen molar-refractivity contribution in [1.82, 2.24) is 0 Å². The fourth-order valence-corrected chi connectivity index (χ4v) is 0.691. The molecule has 0 aromatic heterocycles. The Morgan fingerprint density at radius 2 is 1.71 bits per heavy atom. The molecule has 6 heteroatoms. The van der Waals surface area contributed by atoms with Crippen LogP contribution in [0.2, 0.25) is 0 Å². The van der Waals surface area contributed by atoms with Gasteiger partial charge < -0.3 is 25.2 Å². The number of aliphatic hydroxyl groups is 4. The zero-order valence-electron chi connectivity index (χ0n) is 8.01. The zero-order chi connectivity index (χ0) is 11.2. The lowest BCUT2D eigenvalue weighted by atomic mass is 9.93. The first-order valence-electron chi connectivity index (χ1n) is 4.18. The molecule has 0 saturated heterocycles. The van der Waals surface area contributed by atoms with Crippen LogP contribution in [0.15, 0.2) is 0 Å². The molecule has 14 heavy (non-hydrogen) atoms. The molecule has 0 saturated carbocycles. The fourth-order valence-electron chi connectivity index (χ4n) is 0.632. The van der Waals surface area contributed by atoms with Crippen molar-refractivity contribution in [2.45, 2.75) is 13.0 Å². The molecule has 0 bridgehead atoms. The maximum Gasteiger partial charge on any atom is 0.188 e. The van der Waals surface area contributed by atoms with Gasteiger partial charge in [0.25, 0.3) is 0 Å². The van der Waals surface area contributed by atoms with Crippen LogP contribution in [0, 0.1) is 5.41 Å². The number of hydrogen-bond acceptors (Lipinski definition) is 6. The average molecular weight is 224 g/mol. The van der Waals surface area contributed by atoms with E-state index in [1.165, 1.54) is 6.92 Å². The molecule has 4 N–H and O–H groups in total. The third-order valence-electron chi connectivity index (χ3n) is 1.87. The van der Waals surface area contributed by atoms with Crippen LogP contribution in [0.3, 0.4) is 0 Å². The summed E-state index contributed by atoms with van der Waals surface area (Å²) >= 11 is 4.67. The first-order chi connectivity index (χ1) is 6.51. The maximum atomic E-state index is 8.98. The van der Waals surface area contributed by atoms with E-state index in [0.717, 1.165) is 0 Å². The van der Waals surface area contributed by atoms with Gasteiger partial charge in [-0.2, -0.15) is 0 Å². The molecule has 84 valence electrons. The van der Waals surface area contributed by atoms with E-state index < -0.39 is 31.3 Å². The van der Waals surface area contributed by atoms with E-state index in [1.54, 1.807) is 0 Å². The van der Waals surface area contributed by atoms with Crippen molar-refractivity contribution in [2.75, 3.05) is 26.4 Å². The van der Waals surface area contributed by atoms with Crippen molar-refractivity contribution in [3.8, 4) is 0 Å². The summed E-state index contributed by atoms with van der Waals surface area (Å²) in [6, 6.07) is 0. The topological polar surface area (TPSA) is 90.2 Å². The highest BCUT2D eigenvalue weighted by molar-refractivity contribution is 7.80. The highest BCUT2D eigenvalue weighted by atomic mass is 32.1. The molecule has 0 rings (SSSR count). The molecule has 0 aromatic carbocycles. The largest absolute Gasteiger partial charge is 0.484 e. The predicted molar refractivity (Wildman–Crippen MR) is 53.9 cm³/mol. The van der Waals surface area contributed by atoms with E-state index in [-0.39, 0.29) is 11.7 Å². The number of ether oxygens (including phenoxy) is 1. The molecule has 1 unspecified atom stereocenters. The smallest absolute Gasteiger partial charge is 0.188 e. The summed E-state index contributed by atoms with van der Waals surface area (Å²) in [5.41, 5.74) is -1.11. The van der Waals surface area contributed by atoms with Crippen molar-refractivity contribution < 1.29 is 25.2 Å². The van der Waals surface area contributed by atoms with Crippen LogP contribution in [0.1, 0.15) is 6.92 Å². The SMILES string of the molecule is CC(O)C(=S)OCC(CO)(CO)CO. The second kappa shape index (κ2) is 6.26. The van der Waals surface area contributed by atoms with Crippen molar-refractivity contribution in [3.05, 3.63) is 0 Å². The van der Waals surface area contributed by atoms with E-state index in [4.69, 9.17) is 25.2 Å². The van der Waals surface area contributed by atoms with Gasteiger partial charge in [-0.25, -0.2) is 0 Å². The molecule has 0 aromatic rings. The minimum Gasteiger partial charge on any atom is -0.484 e. The first-order valence-corrected chi connectivity index (χ1v) is 4.59. The van der Waals surface area contributed by atoms with Crippen LogP contribution in [0.4, 0.5) is 0 Å². The van der Waals surface area contributed by atoms with Gasteiger partial charge in [0, 0.05) is 0 Å². The third kappa shape index (κ3) is 3.85. The number of rotatable bonds is 6. The quantitative estimate of drug-likeness (QED) is 0.418. The Labute approximate surface area is 87.9 Å². The lowest BCUT2D eigenvalue weighted by Gasteiger charge is -2.27. The van der Waals surface area contributed by atoms with Crippen molar-refractivity contribution in [2.24, 2.45) is 5.41 Å². The van der Waals surface area contributed by atoms with Crippen LogP contribution < -0.4 is 0 Å². The molecule has 0 aliphatic heterocycles. The third-order valence-corrected chi connectivity index (χ3v) is 2.33. The standard InChI is InChI=1S/C8H16O5S/c1-6(12)7(14)13-5-8(2-9,3-10)4-11/h6,9-12H,2-5H2,1H3. The predicted octanol–water partition coefficient (Wildman–Crippen LogP) is -1.33. The molecule has 0 radical (unpaired) electrons.